The van der Waals surface area contributed by atoms with E-state index >= 15 is 0 Å². The third kappa shape index (κ3) is 3.54. The molecule has 0 N–H and O–H groups in total. The van der Waals surface area contributed by atoms with Crippen LogP contribution in [0, 0.1) is 0 Å². The minimum atomic E-state index is -0.175. The van der Waals surface area contributed by atoms with Gasteiger partial charge in [0.2, 0.25) is 0 Å². The van der Waals surface area contributed by atoms with Gasteiger partial charge in [0, 0.05) is 12.2 Å². The van der Waals surface area contributed by atoms with Crippen LogP contribution in [0.15, 0.2) is 12.2 Å². The van der Waals surface area contributed by atoms with Crippen molar-refractivity contribution in [2.45, 2.75) is 20.8 Å². The maximum Gasteiger partial charge on any atom is 0.253 e. The summed E-state index contributed by atoms with van der Waals surface area (Å²) < 4.78 is 0.955. The number of imide groups is 1. The first-order chi connectivity index (χ1) is 7.58. The van der Waals surface area contributed by atoms with E-state index < -0.39 is 0 Å². The number of hydrogen-bond donors (Lipinski definition) is 0. The molecule has 0 aromatic carbocycles. The Kier molecular flexibility index (Phi) is 6.42. The Hall–Kier alpha value is -0.870. The molecule has 0 unspecified atom stereocenters. The van der Waals surface area contributed by atoms with Crippen LogP contribution in [0.25, 0.3) is 0 Å². The summed E-state index contributed by atoms with van der Waals surface area (Å²) in [5.41, 5.74) is 0. The van der Waals surface area contributed by atoms with Gasteiger partial charge >= 0.3 is 0 Å². The van der Waals surface area contributed by atoms with Crippen molar-refractivity contribution >= 4 is 11.8 Å². The fourth-order valence-electron chi connectivity index (χ4n) is 2.11. The number of hydrogen-bond acceptors (Lipinski definition) is 2. The Morgan fingerprint density at radius 1 is 1.00 bits per heavy atom. The molecule has 0 atom stereocenters. The second-order valence-corrected chi connectivity index (χ2v) is 4.18. The fourth-order valence-corrected chi connectivity index (χ4v) is 2.11. The van der Waals surface area contributed by atoms with Crippen LogP contribution < -0.4 is 12.4 Å². The zero-order valence-corrected chi connectivity index (χ0v) is 11.5. The summed E-state index contributed by atoms with van der Waals surface area (Å²) in [6, 6.07) is 0. The summed E-state index contributed by atoms with van der Waals surface area (Å²) in [6.07, 6.45) is 2.70. The smallest absolute Gasteiger partial charge is 0.253 e. The second kappa shape index (κ2) is 6.77. The van der Waals surface area contributed by atoms with E-state index in [1.54, 1.807) is 0 Å². The van der Waals surface area contributed by atoms with E-state index in [0.29, 0.717) is 6.54 Å². The van der Waals surface area contributed by atoms with Crippen LogP contribution in [0.3, 0.4) is 0 Å². The van der Waals surface area contributed by atoms with Crippen molar-refractivity contribution in [1.29, 1.82) is 0 Å². The summed E-state index contributed by atoms with van der Waals surface area (Å²) in [6.45, 7) is 10.9. The summed E-state index contributed by atoms with van der Waals surface area (Å²) in [5, 5.41) is 0. The van der Waals surface area contributed by atoms with E-state index in [0.717, 1.165) is 30.7 Å². The molecule has 0 aromatic heterocycles. The molecular weight excluding hydrogens is 240 g/mol. The third-order valence-corrected chi connectivity index (χ3v) is 3.71. The normalized spacial score (nSPS) is 15.4. The van der Waals surface area contributed by atoms with Crippen molar-refractivity contribution in [2.24, 2.45) is 0 Å². The van der Waals surface area contributed by atoms with E-state index in [-0.39, 0.29) is 24.2 Å². The van der Waals surface area contributed by atoms with E-state index in [4.69, 9.17) is 0 Å². The average Bonchev–Trinajstić information content (AvgIpc) is 2.62. The van der Waals surface area contributed by atoms with Gasteiger partial charge in [0.05, 0.1) is 32.7 Å². The van der Waals surface area contributed by atoms with Crippen molar-refractivity contribution in [3.8, 4) is 0 Å². The largest absolute Gasteiger partial charge is 1.00 e. The number of amides is 2. The van der Waals surface area contributed by atoms with Gasteiger partial charge in [0.15, 0.2) is 0 Å². The molecule has 0 fully saturated rings. The highest BCUT2D eigenvalue weighted by molar-refractivity contribution is 6.12. The lowest BCUT2D eigenvalue weighted by Crippen LogP contribution is -3.00. The van der Waals surface area contributed by atoms with E-state index in [1.807, 2.05) is 0 Å². The lowest BCUT2D eigenvalue weighted by atomic mass is 10.3. The summed E-state index contributed by atoms with van der Waals surface area (Å²) >= 11 is 0. The SMILES string of the molecule is CC[N+](CC)(CC)CCN1C(=O)C=CC1=O.[Cl-]. The first kappa shape index (κ1) is 16.1. The molecule has 0 radical (unpaired) electrons. The Labute approximate surface area is 109 Å². The van der Waals surface area contributed by atoms with Crippen molar-refractivity contribution in [3.05, 3.63) is 12.2 Å². The van der Waals surface area contributed by atoms with E-state index in [9.17, 15) is 9.59 Å². The maximum absolute atomic E-state index is 11.4. The topological polar surface area (TPSA) is 37.4 Å². The Morgan fingerprint density at radius 3 is 1.76 bits per heavy atom. The Balaban J connectivity index is 0.00000256. The standard InChI is InChI=1S/C12H21N2O2.ClH/c1-4-14(5-2,6-3)10-9-13-11(15)7-8-12(13)16;/h7-8H,4-6,9-10H2,1-3H3;1H/q+1;/p-1. The fraction of sp³-hybridized carbons (Fsp3) is 0.667. The zero-order valence-electron chi connectivity index (χ0n) is 10.8. The first-order valence-corrected chi connectivity index (χ1v) is 5.97. The predicted octanol–water partition coefficient (Wildman–Crippen LogP) is -2.21. The van der Waals surface area contributed by atoms with Gasteiger partial charge in [-0.2, -0.15) is 0 Å². The molecule has 1 aliphatic rings. The number of carbonyl (C=O) groups excluding carboxylic acids is 2. The second-order valence-electron chi connectivity index (χ2n) is 4.18. The molecule has 0 spiro atoms. The molecule has 98 valence electrons. The molecule has 5 heteroatoms. The summed E-state index contributed by atoms with van der Waals surface area (Å²) in [7, 11) is 0. The number of nitrogens with zero attached hydrogens (tertiary/aromatic N) is 2. The van der Waals surface area contributed by atoms with Crippen LogP contribution in [-0.4, -0.2) is 53.9 Å². The maximum atomic E-state index is 11.4. The van der Waals surface area contributed by atoms with Gasteiger partial charge in [-0.05, 0) is 20.8 Å². The molecular formula is C12H21ClN2O2. The molecule has 4 nitrogen and oxygen atoms in total. The Bertz CT molecular complexity index is 285. The third-order valence-electron chi connectivity index (χ3n) is 3.71. The van der Waals surface area contributed by atoms with Crippen molar-refractivity contribution in [3.63, 3.8) is 0 Å². The highest BCUT2D eigenvalue weighted by Crippen LogP contribution is 2.09. The summed E-state index contributed by atoms with van der Waals surface area (Å²) in [5.74, 6) is -0.349. The van der Waals surface area contributed by atoms with Crippen LogP contribution in [0.5, 0.6) is 0 Å². The average molecular weight is 261 g/mol. The van der Waals surface area contributed by atoms with Gasteiger partial charge in [-0.1, -0.05) is 0 Å². The molecule has 0 saturated carbocycles. The van der Waals surface area contributed by atoms with Gasteiger partial charge < -0.3 is 16.9 Å². The molecule has 1 rings (SSSR count). The predicted molar refractivity (Wildman–Crippen MR) is 62.6 cm³/mol. The molecule has 17 heavy (non-hydrogen) atoms. The van der Waals surface area contributed by atoms with Crippen LogP contribution in [0.2, 0.25) is 0 Å². The molecule has 1 heterocycles. The highest BCUT2D eigenvalue weighted by atomic mass is 35.5. The molecule has 0 aromatic rings. The van der Waals surface area contributed by atoms with Gasteiger partial charge in [-0.15, -0.1) is 0 Å². The molecule has 0 bridgehead atoms. The van der Waals surface area contributed by atoms with Gasteiger partial charge in [-0.25, -0.2) is 0 Å². The van der Waals surface area contributed by atoms with Gasteiger partial charge in [-0.3, -0.25) is 14.5 Å². The van der Waals surface area contributed by atoms with Crippen LogP contribution in [0.1, 0.15) is 20.8 Å². The van der Waals surface area contributed by atoms with Crippen molar-refractivity contribution in [2.75, 3.05) is 32.7 Å². The van der Waals surface area contributed by atoms with Crippen LogP contribution in [-0.2, 0) is 9.59 Å². The van der Waals surface area contributed by atoms with E-state index in [2.05, 4.69) is 20.8 Å². The monoisotopic (exact) mass is 260 g/mol. The first-order valence-electron chi connectivity index (χ1n) is 5.97. The van der Waals surface area contributed by atoms with E-state index in [1.165, 1.54) is 17.1 Å². The number of carbonyl (C=O) groups is 2. The van der Waals surface area contributed by atoms with Gasteiger partial charge in [0.25, 0.3) is 11.8 Å². The molecule has 0 aliphatic carbocycles. The zero-order chi connectivity index (χ0) is 12.2. The lowest BCUT2D eigenvalue weighted by molar-refractivity contribution is -0.922. The summed E-state index contributed by atoms with van der Waals surface area (Å²) in [4.78, 5) is 24.1. The molecule has 1 aliphatic heterocycles. The Morgan fingerprint density at radius 2 is 1.41 bits per heavy atom. The van der Waals surface area contributed by atoms with Crippen LogP contribution in [0.4, 0.5) is 0 Å². The number of likely N-dealkylation sites (N-methyl/N-ethyl adjacent to an activating group) is 1. The lowest BCUT2D eigenvalue weighted by Gasteiger charge is -2.36. The van der Waals surface area contributed by atoms with Crippen LogP contribution >= 0.6 is 0 Å². The highest BCUT2D eigenvalue weighted by Gasteiger charge is 2.28. The number of quaternary nitrogens is 1. The van der Waals surface area contributed by atoms with Crippen molar-refractivity contribution in [1.82, 2.24) is 4.90 Å². The van der Waals surface area contributed by atoms with Gasteiger partial charge in [0.1, 0.15) is 0 Å². The van der Waals surface area contributed by atoms with Crippen molar-refractivity contribution < 1.29 is 26.5 Å². The number of rotatable bonds is 6. The minimum Gasteiger partial charge on any atom is -1.00 e. The quantitative estimate of drug-likeness (QED) is 0.401. The molecule has 2 amide bonds. The minimum absolute atomic E-state index is 0. The number of halogens is 1. The molecule has 0 saturated heterocycles.